The molecule has 0 bridgehead atoms. The summed E-state index contributed by atoms with van der Waals surface area (Å²) < 4.78 is 12.7. The normalized spacial score (nSPS) is 16.6. The molecule has 2 rings (SSSR count). The molecule has 0 aliphatic carbocycles. The maximum absolute atomic E-state index is 12.7. The summed E-state index contributed by atoms with van der Waals surface area (Å²) in [7, 11) is 0. The fourth-order valence-corrected chi connectivity index (χ4v) is 1.96. The minimum Gasteiger partial charge on any atom is -0.370 e. The van der Waals surface area contributed by atoms with Gasteiger partial charge in [-0.2, -0.15) is 4.39 Å². The van der Waals surface area contributed by atoms with Gasteiger partial charge in [0.1, 0.15) is 12.1 Å². The van der Waals surface area contributed by atoms with Crippen LogP contribution in [-0.4, -0.2) is 41.0 Å². The molecule has 0 saturated carbocycles. The monoisotopic (exact) mass is 224 g/mol. The van der Waals surface area contributed by atoms with Crippen molar-refractivity contribution < 1.29 is 4.39 Å². The van der Waals surface area contributed by atoms with Crippen LogP contribution in [0.5, 0.6) is 0 Å². The lowest BCUT2D eigenvalue weighted by molar-refractivity contribution is 0.337. The van der Waals surface area contributed by atoms with Crippen LogP contribution in [0.3, 0.4) is 0 Å². The Bertz CT molecular complexity index is 326. The third kappa shape index (κ3) is 3.41. The Labute approximate surface area is 94.9 Å². The highest BCUT2D eigenvalue weighted by Crippen LogP contribution is 2.07. The molecular weight excluding hydrogens is 207 g/mol. The lowest BCUT2D eigenvalue weighted by Gasteiger charge is -2.14. The van der Waals surface area contributed by atoms with Crippen molar-refractivity contribution in [3.05, 3.63) is 18.3 Å². The van der Waals surface area contributed by atoms with E-state index in [1.165, 1.54) is 38.3 Å². The van der Waals surface area contributed by atoms with E-state index < -0.39 is 5.95 Å². The molecule has 0 amide bonds. The molecule has 1 aromatic rings. The molecule has 2 heterocycles. The molecule has 1 aliphatic heterocycles. The van der Waals surface area contributed by atoms with Gasteiger partial charge in [-0.25, -0.2) is 9.97 Å². The molecule has 1 saturated heterocycles. The van der Waals surface area contributed by atoms with Crippen LogP contribution in [0.25, 0.3) is 0 Å². The second kappa shape index (κ2) is 5.75. The number of nitrogens with one attached hydrogen (secondary N) is 1. The van der Waals surface area contributed by atoms with Gasteiger partial charge >= 0.3 is 0 Å². The highest BCUT2D eigenvalue weighted by molar-refractivity contribution is 5.31. The predicted octanol–water partition coefficient (Wildman–Crippen LogP) is 1.51. The summed E-state index contributed by atoms with van der Waals surface area (Å²) in [6.45, 7) is 4.39. The summed E-state index contributed by atoms with van der Waals surface area (Å²) in [5.41, 5.74) is 0. The number of halogens is 1. The molecule has 88 valence electrons. The minimum absolute atomic E-state index is 0.489. The number of hydrogen-bond acceptors (Lipinski definition) is 4. The van der Waals surface area contributed by atoms with E-state index in [1.807, 2.05) is 0 Å². The van der Waals surface area contributed by atoms with E-state index in [4.69, 9.17) is 0 Å². The van der Waals surface area contributed by atoms with E-state index in [1.54, 1.807) is 0 Å². The topological polar surface area (TPSA) is 41.0 Å². The number of nitrogens with zero attached hydrogens (tertiary/aromatic N) is 3. The standard InChI is InChI=1S/C11H17FN4/c12-10-8-11(15-9-14-10)13-4-3-7-16-5-1-2-6-16/h8-9H,1-7H2,(H,13,14,15). The van der Waals surface area contributed by atoms with E-state index in [0.29, 0.717) is 5.82 Å². The highest BCUT2D eigenvalue weighted by atomic mass is 19.1. The Hall–Kier alpha value is -1.23. The van der Waals surface area contributed by atoms with Crippen molar-refractivity contribution in [2.45, 2.75) is 19.3 Å². The second-order valence-electron chi connectivity index (χ2n) is 4.06. The van der Waals surface area contributed by atoms with E-state index in [-0.39, 0.29) is 0 Å². The van der Waals surface area contributed by atoms with Crippen molar-refractivity contribution in [1.29, 1.82) is 0 Å². The van der Waals surface area contributed by atoms with Crippen LogP contribution in [0, 0.1) is 5.95 Å². The molecule has 0 unspecified atom stereocenters. The largest absolute Gasteiger partial charge is 0.370 e. The Morgan fingerprint density at radius 2 is 2.12 bits per heavy atom. The summed E-state index contributed by atoms with van der Waals surface area (Å²) in [6, 6.07) is 1.32. The molecule has 1 aliphatic rings. The molecule has 0 aromatic carbocycles. The summed E-state index contributed by atoms with van der Waals surface area (Å²) in [4.78, 5) is 9.80. The zero-order valence-electron chi connectivity index (χ0n) is 9.32. The fraction of sp³-hybridized carbons (Fsp3) is 0.636. The van der Waals surface area contributed by atoms with Crippen molar-refractivity contribution in [3.8, 4) is 0 Å². The average molecular weight is 224 g/mol. The zero-order valence-corrected chi connectivity index (χ0v) is 9.32. The van der Waals surface area contributed by atoms with Gasteiger partial charge in [0.2, 0.25) is 5.95 Å². The van der Waals surface area contributed by atoms with Gasteiger partial charge in [-0.1, -0.05) is 0 Å². The van der Waals surface area contributed by atoms with Gasteiger partial charge in [-0.05, 0) is 38.9 Å². The van der Waals surface area contributed by atoms with E-state index in [9.17, 15) is 4.39 Å². The first-order chi connectivity index (χ1) is 7.84. The molecular formula is C11H17FN4. The first-order valence-corrected chi connectivity index (χ1v) is 5.78. The number of likely N-dealkylation sites (tertiary alicyclic amines) is 1. The lowest BCUT2D eigenvalue weighted by Crippen LogP contribution is -2.22. The molecule has 16 heavy (non-hydrogen) atoms. The van der Waals surface area contributed by atoms with Crippen molar-refractivity contribution >= 4 is 5.82 Å². The summed E-state index contributed by atoms with van der Waals surface area (Å²) >= 11 is 0. The predicted molar refractivity (Wildman–Crippen MR) is 60.8 cm³/mol. The quantitative estimate of drug-likeness (QED) is 0.608. The third-order valence-electron chi connectivity index (χ3n) is 2.79. The van der Waals surface area contributed by atoms with Gasteiger partial charge in [-0.15, -0.1) is 0 Å². The van der Waals surface area contributed by atoms with Crippen LogP contribution in [0.15, 0.2) is 12.4 Å². The maximum Gasteiger partial charge on any atom is 0.217 e. The van der Waals surface area contributed by atoms with Crippen molar-refractivity contribution in [2.75, 3.05) is 31.5 Å². The van der Waals surface area contributed by atoms with Gasteiger partial charge in [0.25, 0.3) is 0 Å². The van der Waals surface area contributed by atoms with Crippen LogP contribution in [-0.2, 0) is 0 Å². The summed E-state index contributed by atoms with van der Waals surface area (Å²) in [5, 5.41) is 3.09. The summed E-state index contributed by atoms with van der Waals surface area (Å²) in [6.07, 6.45) is 4.94. The summed E-state index contributed by atoms with van der Waals surface area (Å²) in [5.74, 6) is 0.0750. The highest BCUT2D eigenvalue weighted by Gasteiger charge is 2.09. The Morgan fingerprint density at radius 3 is 2.88 bits per heavy atom. The maximum atomic E-state index is 12.7. The SMILES string of the molecule is Fc1cc(NCCCN2CCCC2)ncn1. The number of rotatable bonds is 5. The number of hydrogen-bond donors (Lipinski definition) is 1. The Kier molecular flexibility index (Phi) is 4.04. The average Bonchev–Trinajstić information content (AvgIpc) is 2.77. The van der Waals surface area contributed by atoms with Crippen LogP contribution in [0.2, 0.25) is 0 Å². The smallest absolute Gasteiger partial charge is 0.217 e. The molecule has 0 spiro atoms. The van der Waals surface area contributed by atoms with Gasteiger partial charge < -0.3 is 10.2 Å². The van der Waals surface area contributed by atoms with Gasteiger partial charge in [0.05, 0.1) is 0 Å². The lowest BCUT2D eigenvalue weighted by atomic mass is 10.4. The first-order valence-electron chi connectivity index (χ1n) is 5.78. The van der Waals surface area contributed by atoms with E-state index >= 15 is 0 Å². The second-order valence-corrected chi connectivity index (χ2v) is 4.06. The number of aromatic nitrogens is 2. The van der Waals surface area contributed by atoms with Crippen molar-refractivity contribution in [3.63, 3.8) is 0 Å². The van der Waals surface area contributed by atoms with Gasteiger partial charge in [0, 0.05) is 12.6 Å². The molecule has 0 atom stereocenters. The van der Waals surface area contributed by atoms with Gasteiger partial charge in [0.15, 0.2) is 0 Å². The van der Waals surface area contributed by atoms with Crippen LogP contribution < -0.4 is 5.32 Å². The molecule has 1 N–H and O–H groups in total. The zero-order chi connectivity index (χ0) is 11.2. The number of anilines is 1. The van der Waals surface area contributed by atoms with Crippen LogP contribution in [0.1, 0.15) is 19.3 Å². The van der Waals surface area contributed by atoms with Crippen LogP contribution >= 0.6 is 0 Å². The molecule has 5 heteroatoms. The minimum atomic E-state index is -0.489. The Balaban J connectivity index is 1.64. The molecule has 1 aromatic heterocycles. The van der Waals surface area contributed by atoms with Crippen molar-refractivity contribution in [1.82, 2.24) is 14.9 Å². The van der Waals surface area contributed by atoms with Gasteiger partial charge in [-0.3, -0.25) is 0 Å². The van der Waals surface area contributed by atoms with Crippen LogP contribution in [0.4, 0.5) is 10.2 Å². The Morgan fingerprint density at radius 1 is 1.31 bits per heavy atom. The third-order valence-corrected chi connectivity index (χ3v) is 2.79. The molecule has 0 radical (unpaired) electrons. The molecule has 4 nitrogen and oxygen atoms in total. The molecule has 1 fully saturated rings. The first kappa shape index (κ1) is 11.3. The van der Waals surface area contributed by atoms with Crippen molar-refractivity contribution in [2.24, 2.45) is 0 Å². The van der Waals surface area contributed by atoms with E-state index in [0.717, 1.165) is 19.5 Å². The fourth-order valence-electron chi connectivity index (χ4n) is 1.96. The van der Waals surface area contributed by atoms with E-state index in [2.05, 4.69) is 20.2 Å².